The average molecular weight is 369 g/mol. The lowest BCUT2D eigenvalue weighted by molar-refractivity contribution is 0.0985. The minimum Gasteiger partial charge on any atom is -0.363 e. The van der Waals surface area contributed by atoms with Gasteiger partial charge < -0.3 is 10.5 Å². The molecule has 1 aliphatic rings. The number of aromatic nitrogens is 3. The van der Waals surface area contributed by atoms with E-state index in [9.17, 15) is 13.6 Å². The van der Waals surface area contributed by atoms with E-state index in [2.05, 4.69) is 15.1 Å². The normalized spacial score (nSPS) is 15.5. The Morgan fingerprint density at radius 2 is 1.96 bits per heavy atom. The maximum absolute atomic E-state index is 14.4. The van der Waals surface area contributed by atoms with Crippen LogP contribution in [0.15, 0.2) is 47.5 Å². The number of halogens is 2. The van der Waals surface area contributed by atoms with Crippen LogP contribution in [-0.2, 0) is 4.74 Å². The summed E-state index contributed by atoms with van der Waals surface area (Å²) in [6, 6.07) is 9.89. The molecule has 0 aliphatic carbocycles. The lowest BCUT2D eigenvalue weighted by Crippen LogP contribution is -2.14. The number of amides is 1. The van der Waals surface area contributed by atoms with E-state index in [4.69, 9.17) is 10.5 Å². The monoisotopic (exact) mass is 369 g/mol. The van der Waals surface area contributed by atoms with Crippen molar-refractivity contribution in [1.29, 1.82) is 0 Å². The van der Waals surface area contributed by atoms with Crippen molar-refractivity contribution >= 4 is 11.6 Å². The summed E-state index contributed by atoms with van der Waals surface area (Å²) in [5.41, 5.74) is 6.27. The molecule has 0 saturated heterocycles. The van der Waals surface area contributed by atoms with Crippen LogP contribution in [0.3, 0.4) is 0 Å². The third-order valence-electron chi connectivity index (χ3n) is 4.11. The number of hydrogen-bond donors (Lipinski definition) is 1. The van der Waals surface area contributed by atoms with Gasteiger partial charge in [-0.25, -0.2) is 23.4 Å². The smallest absolute Gasteiger partial charge is 0.288 e. The fourth-order valence-corrected chi connectivity index (χ4v) is 2.92. The summed E-state index contributed by atoms with van der Waals surface area (Å²) in [5, 5.41) is 4.09. The van der Waals surface area contributed by atoms with Gasteiger partial charge in [0.05, 0.1) is 11.4 Å². The van der Waals surface area contributed by atoms with Crippen molar-refractivity contribution in [3.63, 3.8) is 0 Å². The molecule has 4 rings (SSSR count). The zero-order valence-electron chi connectivity index (χ0n) is 14.1. The zero-order chi connectivity index (χ0) is 19.1. The number of carbonyl (C=O) groups is 1. The molecule has 1 aromatic heterocycles. The molecule has 136 valence electrons. The minimum atomic E-state index is -1.00. The van der Waals surface area contributed by atoms with Crippen molar-refractivity contribution in [2.45, 2.75) is 6.23 Å². The highest BCUT2D eigenvalue weighted by Gasteiger charge is 2.30. The third kappa shape index (κ3) is 2.77. The van der Waals surface area contributed by atoms with Crippen LogP contribution in [0.1, 0.15) is 33.8 Å². The van der Waals surface area contributed by atoms with Crippen LogP contribution in [0.5, 0.6) is 0 Å². The first kappa shape index (κ1) is 17.0. The molecule has 2 N–H and O–H groups in total. The first-order valence-corrected chi connectivity index (χ1v) is 7.92. The summed E-state index contributed by atoms with van der Waals surface area (Å²) < 4.78 is 35.1. The summed E-state index contributed by atoms with van der Waals surface area (Å²) >= 11 is 0. The molecule has 9 heteroatoms. The number of nitrogens with two attached hydrogens (primary N) is 1. The highest BCUT2D eigenvalue weighted by molar-refractivity contribution is 6.15. The number of primary amides is 1. The highest BCUT2D eigenvalue weighted by atomic mass is 19.1. The number of hydrogen-bond acceptors (Lipinski definition) is 5. The second kappa shape index (κ2) is 6.36. The van der Waals surface area contributed by atoms with Crippen molar-refractivity contribution < 1.29 is 18.3 Å². The number of aliphatic imine (C=N–C) groups is 1. The van der Waals surface area contributed by atoms with E-state index < -0.39 is 23.8 Å². The third-order valence-corrected chi connectivity index (χ3v) is 4.11. The highest BCUT2D eigenvalue weighted by Crippen LogP contribution is 2.31. The Morgan fingerprint density at radius 1 is 1.19 bits per heavy atom. The van der Waals surface area contributed by atoms with Crippen LogP contribution in [0.25, 0.3) is 5.69 Å². The summed E-state index contributed by atoms with van der Waals surface area (Å²) in [5.74, 6) is -1.94. The molecule has 0 spiro atoms. The first-order valence-electron chi connectivity index (χ1n) is 7.92. The zero-order valence-corrected chi connectivity index (χ0v) is 14.1. The Morgan fingerprint density at radius 3 is 2.67 bits per heavy atom. The average Bonchev–Trinajstić information content (AvgIpc) is 3.04. The SMILES string of the molecule is COC1N=C(c2ccccc2F)c2cc(F)ccc2-n2nc(C(N)=O)nc21. The Hall–Kier alpha value is -3.46. The second-order valence-electron chi connectivity index (χ2n) is 5.78. The number of carbonyl (C=O) groups excluding carboxylic acids is 1. The quantitative estimate of drug-likeness (QED) is 0.765. The van der Waals surface area contributed by atoms with Gasteiger partial charge in [0.25, 0.3) is 5.91 Å². The van der Waals surface area contributed by atoms with Crippen LogP contribution < -0.4 is 5.73 Å². The summed E-state index contributed by atoms with van der Waals surface area (Å²) in [6.07, 6.45) is -1.00. The second-order valence-corrected chi connectivity index (χ2v) is 5.78. The van der Waals surface area contributed by atoms with Crippen LogP contribution in [0.4, 0.5) is 8.78 Å². The Bertz CT molecular complexity index is 1090. The molecular weight excluding hydrogens is 356 g/mol. The summed E-state index contributed by atoms with van der Waals surface area (Å²) in [4.78, 5) is 20.0. The van der Waals surface area contributed by atoms with Gasteiger partial charge in [0.15, 0.2) is 5.82 Å². The summed E-state index contributed by atoms with van der Waals surface area (Å²) in [7, 11) is 1.38. The minimum absolute atomic E-state index is 0.172. The standard InChI is InChI=1S/C18H13F2N5O2/c1-27-18-17-23-16(15(21)26)24-25(17)13-7-6-9(19)8-11(13)14(22-18)10-4-2-3-5-12(10)20/h2-8,18H,1H3,(H2,21,26). The van der Waals surface area contributed by atoms with Crippen molar-refractivity contribution in [1.82, 2.24) is 14.8 Å². The molecule has 3 aromatic rings. The van der Waals surface area contributed by atoms with Gasteiger partial charge in [-0.2, -0.15) is 0 Å². The van der Waals surface area contributed by atoms with Gasteiger partial charge in [0, 0.05) is 18.2 Å². The van der Waals surface area contributed by atoms with Crippen molar-refractivity contribution in [2.24, 2.45) is 10.7 Å². The van der Waals surface area contributed by atoms with Crippen LogP contribution >= 0.6 is 0 Å². The molecule has 1 atom stereocenters. The number of nitrogens with zero attached hydrogens (tertiary/aromatic N) is 4. The number of methoxy groups -OCH3 is 1. The number of fused-ring (bicyclic) bond motifs is 3. The molecule has 1 aliphatic heterocycles. The van der Waals surface area contributed by atoms with E-state index >= 15 is 0 Å². The van der Waals surface area contributed by atoms with E-state index in [0.717, 1.165) is 0 Å². The molecule has 27 heavy (non-hydrogen) atoms. The fraction of sp³-hybridized carbons (Fsp3) is 0.111. The predicted molar refractivity (Wildman–Crippen MR) is 91.6 cm³/mol. The van der Waals surface area contributed by atoms with Crippen LogP contribution in [0.2, 0.25) is 0 Å². The molecule has 0 bridgehead atoms. The van der Waals surface area contributed by atoms with Gasteiger partial charge >= 0.3 is 0 Å². The molecule has 1 unspecified atom stereocenters. The van der Waals surface area contributed by atoms with Gasteiger partial charge in [0.1, 0.15) is 11.6 Å². The van der Waals surface area contributed by atoms with Gasteiger partial charge in [-0.15, -0.1) is 5.10 Å². The molecular formula is C18H13F2N5O2. The van der Waals surface area contributed by atoms with Crippen LogP contribution in [-0.4, -0.2) is 33.5 Å². The van der Waals surface area contributed by atoms with Crippen molar-refractivity contribution in [3.8, 4) is 5.69 Å². The summed E-state index contributed by atoms with van der Waals surface area (Å²) in [6.45, 7) is 0. The van der Waals surface area contributed by atoms with Crippen LogP contribution in [0, 0.1) is 11.6 Å². The Labute approximate surface area is 152 Å². The van der Waals surface area contributed by atoms with Gasteiger partial charge in [0.2, 0.25) is 12.1 Å². The van der Waals surface area contributed by atoms with Gasteiger partial charge in [-0.1, -0.05) is 12.1 Å². The molecule has 0 radical (unpaired) electrons. The van der Waals surface area contributed by atoms with Crippen molar-refractivity contribution in [3.05, 3.63) is 76.9 Å². The topological polar surface area (TPSA) is 95.4 Å². The van der Waals surface area contributed by atoms with Crippen molar-refractivity contribution in [2.75, 3.05) is 7.11 Å². The maximum atomic E-state index is 14.4. The molecule has 2 heterocycles. The number of rotatable bonds is 3. The van der Waals surface area contributed by atoms with E-state index in [-0.39, 0.29) is 28.5 Å². The van der Waals surface area contributed by atoms with Gasteiger partial charge in [-0.3, -0.25) is 4.79 Å². The number of benzene rings is 2. The fourth-order valence-electron chi connectivity index (χ4n) is 2.92. The lowest BCUT2D eigenvalue weighted by atomic mass is 10.00. The molecule has 0 fully saturated rings. The predicted octanol–water partition coefficient (Wildman–Crippen LogP) is 2.14. The molecule has 0 saturated carbocycles. The first-order chi connectivity index (χ1) is 13.0. The number of ether oxygens (including phenoxy) is 1. The Balaban J connectivity index is 2.05. The molecule has 2 aromatic carbocycles. The van der Waals surface area contributed by atoms with E-state index in [1.54, 1.807) is 12.1 Å². The van der Waals surface area contributed by atoms with E-state index in [1.807, 2.05) is 0 Å². The largest absolute Gasteiger partial charge is 0.363 e. The maximum Gasteiger partial charge on any atom is 0.288 e. The Kier molecular flexibility index (Phi) is 4.00. The lowest BCUT2D eigenvalue weighted by Gasteiger charge is -2.11. The molecule has 7 nitrogen and oxygen atoms in total. The van der Waals surface area contributed by atoms with E-state index in [1.165, 1.54) is 42.1 Å². The molecule has 1 amide bonds. The van der Waals surface area contributed by atoms with Gasteiger partial charge in [-0.05, 0) is 30.3 Å². The van der Waals surface area contributed by atoms with E-state index in [0.29, 0.717) is 5.69 Å².